The fourth-order valence-corrected chi connectivity index (χ4v) is 2.05. The van der Waals surface area contributed by atoms with Gasteiger partial charge in [0.25, 0.3) is 0 Å². The van der Waals surface area contributed by atoms with Crippen molar-refractivity contribution in [1.82, 2.24) is 14.5 Å². The Labute approximate surface area is 104 Å². The molecule has 2 aromatic heterocycles. The number of halogens is 1. The van der Waals surface area contributed by atoms with Crippen molar-refractivity contribution in [3.63, 3.8) is 0 Å². The molecule has 0 bridgehead atoms. The Bertz CT molecular complexity index is 703. The molecule has 3 rings (SSSR count). The van der Waals surface area contributed by atoms with Crippen molar-refractivity contribution in [2.75, 3.05) is 0 Å². The Morgan fingerprint density at radius 2 is 2.00 bits per heavy atom. The summed E-state index contributed by atoms with van der Waals surface area (Å²) >= 11 is 0. The van der Waals surface area contributed by atoms with Gasteiger partial charge in [0.15, 0.2) is 0 Å². The van der Waals surface area contributed by atoms with Crippen LogP contribution in [0, 0.1) is 12.9 Å². The summed E-state index contributed by atoms with van der Waals surface area (Å²) < 4.78 is 15.0. The fraction of sp³-hybridized carbons (Fsp3) is 0.143. The summed E-state index contributed by atoms with van der Waals surface area (Å²) in [6, 6.07) is 11.1. The van der Waals surface area contributed by atoms with Crippen LogP contribution in [-0.2, 0) is 6.54 Å². The summed E-state index contributed by atoms with van der Waals surface area (Å²) in [4.78, 5) is 8.16. The van der Waals surface area contributed by atoms with E-state index in [1.165, 1.54) is 6.07 Å². The van der Waals surface area contributed by atoms with Crippen molar-refractivity contribution in [2.45, 2.75) is 13.5 Å². The van der Waals surface area contributed by atoms with Crippen LogP contribution < -0.4 is 0 Å². The van der Waals surface area contributed by atoms with Gasteiger partial charge in [0.1, 0.15) is 0 Å². The molecule has 0 atom stereocenters. The summed E-state index contributed by atoms with van der Waals surface area (Å²) in [5, 5.41) is 0. The van der Waals surface area contributed by atoms with Crippen LogP contribution in [0.3, 0.4) is 0 Å². The third kappa shape index (κ3) is 1.86. The van der Waals surface area contributed by atoms with Crippen molar-refractivity contribution in [1.29, 1.82) is 0 Å². The molecule has 0 N–H and O–H groups in total. The summed E-state index contributed by atoms with van der Waals surface area (Å²) in [6.45, 7) is 2.47. The molecule has 3 nitrogen and oxygen atoms in total. The minimum atomic E-state index is -0.438. The van der Waals surface area contributed by atoms with Crippen molar-refractivity contribution in [3.05, 3.63) is 59.9 Å². The third-order valence-electron chi connectivity index (χ3n) is 3.03. The highest BCUT2D eigenvalue weighted by Crippen LogP contribution is 2.15. The summed E-state index contributed by atoms with van der Waals surface area (Å²) in [5.74, 6) is -0.438. The molecule has 4 heteroatoms. The lowest BCUT2D eigenvalue weighted by molar-refractivity contribution is 0.577. The number of benzene rings is 1. The standard InChI is InChI=1S/C14H12FN3/c1-10-11(6-7-14(15)17-10)8-18-9-16-12-4-2-3-5-13(12)18/h2-7,9H,8H2,1H3. The van der Waals surface area contributed by atoms with Crippen LogP contribution in [0.15, 0.2) is 42.7 Å². The molecule has 0 fully saturated rings. The van der Waals surface area contributed by atoms with Gasteiger partial charge in [-0.25, -0.2) is 9.97 Å². The molecule has 1 aromatic carbocycles. The van der Waals surface area contributed by atoms with Gasteiger partial charge in [-0.1, -0.05) is 18.2 Å². The van der Waals surface area contributed by atoms with Gasteiger partial charge in [-0.05, 0) is 30.7 Å². The maximum absolute atomic E-state index is 12.9. The van der Waals surface area contributed by atoms with E-state index in [0.29, 0.717) is 12.2 Å². The number of fused-ring (bicyclic) bond motifs is 1. The molecule has 3 aromatic rings. The Kier molecular flexibility index (Phi) is 2.55. The lowest BCUT2D eigenvalue weighted by Gasteiger charge is -2.07. The van der Waals surface area contributed by atoms with Gasteiger partial charge < -0.3 is 4.57 Å². The first-order valence-corrected chi connectivity index (χ1v) is 5.76. The monoisotopic (exact) mass is 241 g/mol. The Balaban J connectivity index is 2.01. The summed E-state index contributed by atoms with van der Waals surface area (Å²) in [6.07, 6.45) is 1.80. The maximum Gasteiger partial charge on any atom is 0.213 e. The zero-order valence-electron chi connectivity index (χ0n) is 9.97. The van der Waals surface area contributed by atoms with E-state index in [2.05, 4.69) is 9.97 Å². The van der Waals surface area contributed by atoms with Crippen LogP contribution in [-0.4, -0.2) is 14.5 Å². The van der Waals surface area contributed by atoms with Crippen LogP contribution in [0.2, 0.25) is 0 Å². The van der Waals surface area contributed by atoms with E-state index in [0.717, 1.165) is 16.6 Å². The van der Waals surface area contributed by atoms with Gasteiger partial charge in [0.05, 0.1) is 23.9 Å². The Hall–Kier alpha value is -2.23. The predicted molar refractivity (Wildman–Crippen MR) is 67.8 cm³/mol. The lowest BCUT2D eigenvalue weighted by Crippen LogP contribution is -2.02. The molecule has 90 valence electrons. The molecule has 0 aliphatic heterocycles. The van der Waals surface area contributed by atoms with Gasteiger partial charge in [0.2, 0.25) is 5.95 Å². The van der Waals surface area contributed by atoms with Gasteiger partial charge in [-0.3, -0.25) is 0 Å². The highest BCUT2D eigenvalue weighted by molar-refractivity contribution is 5.75. The predicted octanol–water partition coefficient (Wildman–Crippen LogP) is 2.93. The Morgan fingerprint density at radius 1 is 1.17 bits per heavy atom. The number of aryl methyl sites for hydroxylation is 1. The van der Waals surface area contributed by atoms with Crippen molar-refractivity contribution >= 4 is 11.0 Å². The second-order valence-corrected chi connectivity index (χ2v) is 4.24. The van der Waals surface area contributed by atoms with E-state index in [-0.39, 0.29) is 0 Å². The summed E-state index contributed by atoms with van der Waals surface area (Å²) in [7, 11) is 0. The SMILES string of the molecule is Cc1nc(F)ccc1Cn1cnc2ccccc21. The number of hydrogen-bond acceptors (Lipinski definition) is 2. The fourth-order valence-electron chi connectivity index (χ4n) is 2.05. The van der Waals surface area contributed by atoms with E-state index in [4.69, 9.17) is 0 Å². The van der Waals surface area contributed by atoms with Crippen molar-refractivity contribution in [3.8, 4) is 0 Å². The van der Waals surface area contributed by atoms with E-state index in [9.17, 15) is 4.39 Å². The second-order valence-electron chi connectivity index (χ2n) is 4.24. The van der Waals surface area contributed by atoms with E-state index < -0.39 is 5.95 Å². The van der Waals surface area contributed by atoms with Gasteiger partial charge in [-0.15, -0.1) is 0 Å². The van der Waals surface area contributed by atoms with Gasteiger partial charge in [-0.2, -0.15) is 4.39 Å². The van der Waals surface area contributed by atoms with Crippen molar-refractivity contribution in [2.24, 2.45) is 0 Å². The molecule has 0 spiro atoms. The number of para-hydroxylation sites is 2. The molecule has 0 aliphatic rings. The maximum atomic E-state index is 12.9. The van der Waals surface area contributed by atoms with Crippen LogP contribution in [0.5, 0.6) is 0 Å². The molecular weight excluding hydrogens is 229 g/mol. The highest BCUT2D eigenvalue weighted by atomic mass is 19.1. The molecule has 0 unspecified atom stereocenters. The van der Waals surface area contributed by atoms with Crippen LogP contribution in [0.1, 0.15) is 11.3 Å². The number of imidazole rings is 1. The molecule has 0 aliphatic carbocycles. The molecular formula is C14H12FN3. The van der Waals surface area contributed by atoms with Crippen LogP contribution in [0.25, 0.3) is 11.0 Å². The third-order valence-corrected chi connectivity index (χ3v) is 3.03. The first kappa shape index (κ1) is 10.9. The smallest absolute Gasteiger partial charge is 0.213 e. The van der Waals surface area contributed by atoms with E-state index >= 15 is 0 Å². The molecule has 0 amide bonds. The number of hydrogen-bond donors (Lipinski definition) is 0. The van der Waals surface area contributed by atoms with Crippen molar-refractivity contribution < 1.29 is 4.39 Å². The minimum absolute atomic E-state index is 0.438. The zero-order chi connectivity index (χ0) is 12.5. The first-order chi connectivity index (χ1) is 8.74. The summed E-state index contributed by atoms with van der Waals surface area (Å²) in [5.41, 5.74) is 3.75. The average molecular weight is 241 g/mol. The molecule has 18 heavy (non-hydrogen) atoms. The lowest BCUT2D eigenvalue weighted by atomic mass is 10.2. The highest BCUT2D eigenvalue weighted by Gasteiger charge is 2.05. The molecule has 2 heterocycles. The minimum Gasteiger partial charge on any atom is -0.326 e. The van der Waals surface area contributed by atoms with E-state index in [1.54, 1.807) is 12.4 Å². The van der Waals surface area contributed by atoms with E-state index in [1.807, 2.05) is 35.8 Å². The number of aromatic nitrogens is 3. The zero-order valence-corrected chi connectivity index (χ0v) is 9.97. The van der Waals surface area contributed by atoms with Gasteiger partial charge in [0, 0.05) is 5.69 Å². The average Bonchev–Trinajstić information content (AvgIpc) is 2.76. The first-order valence-electron chi connectivity index (χ1n) is 5.76. The molecule has 0 saturated carbocycles. The van der Waals surface area contributed by atoms with Crippen LogP contribution in [0.4, 0.5) is 4.39 Å². The largest absolute Gasteiger partial charge is 0.326 e. The van der Waals surface area contributed by atoms with Crippen LogP contribution >= 0.6 is 0 Å². The van der Waals surface area contributed by atoms with Gasteiger partial charge >= 0.3 is 0 Å². The number of rotatable bonds is 2. The normalized spacial score (nSPS) is 11.0. The number of nitrogens with zero attached hydrogens (tertiary/aromatic N) is 3. The number of pyridine rings is 1. The topological polar surface area (TPSA) is 30.7 Å². The molecule has 0 radical (unpaired) electrons. The molecule has 0 saturated heterocycles. The second kappa shape index (κ2) is 4.22. The Morgan fingerprint density at radius 3 is 2.83 bits per heavy atom. The quantitative estimate of drug-likeness (QED) is 0.646.